The molecule has 3 amide bonds. The summed E-state index contributed by atoms with van der Waals surface area (Å²) in [6, 6.07) is 19.8. The van der Waals surface area contributed by atoms with Crippen LogP contribution in [0.25, 0.3) is 10.8 Å². The molecule has 2 heterocycles. The Labute approximate surface area is 292 Å². The van der Waals surface area contributed by atoms with Gasteiger partial charge >= 0.3 is 0 Å². The molecular formula is C39H45ClN4O5. The lowest BCUT2D eigenvalue weighted by atomic mass is 9.70. The number of carbonyl (C=O) groups is 4. The summed E-state index contributed by atoms with van der Waals surface area (Å²) in [5, 5.41) is 16.5. The number of nitrogens with one attached hydrogen (secondary N) is 1. The molecule has 6 atom stereocenters. The third kappa shape index (κ3) is 5.78. The molecule has 2 aliphatic heterocycles. The predicted octanol–water partition coefficient (Wildman–Crippen LogP) is 4.47. The standard InChI is InChI=1S/C39H45ClN4O5/c1-38(2)28-14-15-39(38,3)34(46)33(28)37(49)44-23-27(45)22-32(44)35(47)41-30(21-24-12-13-25-8-4-5-9-26(25)20-24)36(48)43-18-16-42(17-19-43)31-11-7-6-10-29(31)40/h4-13,20,27-28,30,32-33,45H,14-19,21-23H2,1-3H3,(H,41,47). The number of likely N-dealkylation sites (tertiary alicyclic amines) is 1. The van der Waals surface area contributed by atoms with Gasteiger partial charge in [-0.1, -0.05) is 87.0 Å². The van der Waals surface area contributed by atoms with Crippen LogP contribution in [0, 0.1) is 22.7 Å². The van der Waals surface area contributed by atoms with Gasteiger partial charge in [0, 0.05) is 51.0 Å². The molecule has 2 saturated heterocycles. The highest BCUT2D eigenvalue weighted by Gasteiger charge is 2.68. The zero-order valence-corrected chi connectivity index (χ0v) is 29.2. The van der Waals surface area contributed by atoms with Crippen molar-refractivity contribution in [3.05, 3.63) is 77.3 Å². The SMILES string of the molecule is CC12CCC(C(C(=O)N3CC(O)CC3C(=O)NC(Cc3ccc4ccccc4c3)C(=O)N3CCN(c4ccccc4Cl)CC3)C1=O)C2(C)C. The summed E-state index contributed by atoms with van der Waals surface area (Å²) in [4.78, 5) is 61.5. The molecule has 9 nitrogen and oxygen atoms in total. The maximum absolute atomic E-state index is 14.2. The molecule has 3 aromatic rings. The van der Waals surface area contributed by atoms with Gasteiger partial charge in [-0.2, -0.15) is 0 Å². The first-order valence-electron chi connectivity index (χ1n) is 17.5. The fourth-order valence-electron chi connectivity index (χ4n) is 9.02. The largest absolute Gasteiger partial charge is 0.391 e. The first-order valence-corrected chi connectivity index (χ1v) is 17.9. The van der Waals surface area contributed by atoms with Gasteiger partial charge in [0.2, 0.25) is 17.7 Å². The highest BCUT2D eigenvalue weighted by atomic mass is 35.5. The number of nitrogens with zero attached hydrogens (tertiary/aromatic N) is 3. The molecule has 6 unspecified atom stereocenters. The monoisotopic (exact) mass is 684 g/mol. The van der Waals surface area contributed by atoms with E-state index in [1.54, 1.807) is 4.90 Å². The number of benzene rings is 3. The van der Waals surface area contributed by atoms with E-state index in [4.69, 9.17) is 11.6 Å². The Morgan fingerprint density at radius 3 is 2.35 bits per heavy atom. The number of aliphatic hydroxyl groups is 1. The number of hydrogen-bond acceptors (Lipinski definition) is 6. The van der Waals surface area contributed by atoms with Gasteiger partial charge in [-0.15, -0.1) is 0 Å². The lowest BCUT2D eigenvalue weighted by molar-refractivity contribution is -0.148. The minimum atomic E-state index is -0.977. The van der Waals surface area contributed by atoms with Crippen LogP contribution in [-0.2, 0) is 25.6 Å². The number of β-amino-alcohol motifs (C(OH)–C–C–N with tert-alkyl or cyclic N) is 1. The normalized spacial score (nSPS) is 28.3. The zero-order chi connectivity index (χ0) is 34.7. The third-order valence-corrected chi connectivity index (χ3v) is 12.6. The number of amides is 3. The summed E-state index contributed by atoms with van der Waals surface area (Å²) in [6.07, 6.45) is 0.955. The number of hydrogen-bond donors (Lipinski definition) is 2. The van der Waals surface area contributed by atoms with Crippen LogP contribution in [0.15, 0.2) is 66.7 Å². The first-order chi connectivity index (χ1) is 23.4. The number of halogens is 1. The van der Waals surface area contributed by atoms with Crippen LogP contribution < -0.4 is 10.2 Å². The number of piperazine rings is 1. The Bertz CT molecular complexity index is 1800. The fourth-order valence-corrected chi connectivity index (χ4v) is 9.28. The molecular weight excluding hydrogens is 640 g/mol. The van der Waals surface area contributed by atoms with Crippen LogP contribution >= 0.6 is 11.6 Å². The molecule has 0 aromatic heterocycles. The highest BCUT2D eigenvalue weighted by Crippen LogP contribution is 2.66. The zero-order valence-electron chi connectivity index (χ0n) is 28.4. The van der Waals surface area contributed by atoms with Crippen LogP contribution in [-0.4, -0.2) is 89.3 Å². The van der Waals surface area contributed by atoms with Crippen molar-refractivity contribution in [2.24, 2.45) is 22.7 Å². The quantitative estimate of drug-likeness (QED) is 0.356. The van der Waals surface area contributed by atoms with E-state index in [0.717, 1.165) is 34.9 Å². The average Bonchev–Trinajstić information content (AvgIpc) is 3.65. The molecule has 10 heteroatoms. The third-order valence-electron chi connectivity index (χ3n) is 12.3. The number of rotatable bonds is 7. The Hall–Kier alpha value is -3.95. The maximum atomic E-state index is 14.2. The minimum absolute atomic E-state index is 0.0160. The van der Waals surface area contributed by atoms with E-state index in [2.05, 4.69) is 24.1 Å². The van der Waals surface area contributed by atoms with Gasteiger partial charge in [0.1, 0.15) is 18.0 Å². The number of carbonyl (C=O) groups excluding carboxylic acids is 4. The van der Waals surface area contributed by atoms with E-state index in [0.29, 0.717) is 31.2 Å². The molecule has 2 N–H and O–H groups in total. The van der Waals surface area contributed by atoms with Crippen molar-refractivity contribution in [3.63, 3.8) is 0 Å². The fraction of sp³-hybridized carbons (Fsp3) is 0.487. The van der Waals surface area contributed by atoms with Crippen molar-refractivity contribution in [1.29, 1.82) is 0 Å². The highest BCUT2D eigenvalue weighted by molar-refractivity contribution is 6.33. The van der Waals surface area contributed by atoms with Crippen molar-refractivity contribution in [1.82, 2.24) is 15.1 Å². The second-order valence-electron chi connectivity index (χ2n) is 15.1. The first kappa shape index (κ1) is 33.5. The molecule has 258 valence electrons. The van der Waals surface area contributed by atoms with E-state index in [-0.39, 0.29) is 48.3 Å². The summed E-state index contributed by atoms with van der Waals surface area (Å²) in [5.41, 5.74) is 0.914. The number of Topliss-reactive ketones (excluding diaryl/α,β-unsaturated/α-hetero) is 1. The van der Waals surface area contributed by atoms with Crippen molar-refractivity contribution in [3.8, 4) is 0 Å². The topological polar surface area (TPSA) is 110 Å². The van der Waals surface area contributed by atoms with Gasteiger partial charge in [0.05, 0.1) is 16.8 Å². The molecule has 2 bridgehead atoms. The van der Waals surface area contributed by atoms with E-state index >= 15 is 0 Å². The average molecular weight is 685 g/mol. The van der Waals surface area contributed by atoms with Gasteiger partial charge in [-0.3, -0.25) is 19.2 Å². The minimum Gasteiger partial charge on any atom is -0.391 e. The molecule has 0 radical (unpaired) electrons. The number of fused-ring (bicyclic) bond motifs is 3. The number of ketones is 1. The van der Waals surface area contributed by atoms with E-state index in [1.807, 2.05) is 73.7 Å². The van der Waals surface area contributed by atoms with Crippen LogP contribution in [0.5, 0.6) is 0 Å². The summed E-state index contributed by atoms with van der Waals surface area (Å²) >= 11 is 6.46. The summed E-state index contributed by atoms with van der Waals surface area (Å²) in [6.45, 7) is 8.18. The van der Waals surface area contributed by atoms with Crippen LogP contribution in [0.1, 0.15) is 45.6 Å². The van der Waals surface area contributed by atoms with Crippen molar-refractivity contribution < 1.29 is 24.3 Å². The van der Waals surface area contributed by atoms with E-state index in [9.17, 15) is 24.3 Å². The maximum Gasteiger partial charge on any atom is 0.245 e. The Balaban J connectivity index is 1.11. The Morgan fingerprint density at radius 2 is 1.65 bits per heavy atom. The molecule has 2 saturated carbocycles. The van der Waals surface area contributed by atoms with E-state index < -0.39 is 35.4 Å². The smallest absolute Gasteiger partial charge is 0.245 e. The van der Waals surface area contributed by atoms with Crippen molar-refractivity contribution in [2.75, 3.05) is 37.6 Å². The van der Waals surface area contributed by atoms with E-state index in [1.165, 1.54) is 4.90 Å². The summed E-state index contributed by atoms with van der Waals surface area (Å²) in [7, 11) is 0. The molecule has 3 aromatic carbocycles. The van der Waals surface area contributed by atoms with Gasteiger partial charge in [0.25, 0.3) is 0 Å². The van der Waals surface area contributed by atoms with Crippen molar-refractivity contribution >= 4 is 51.6 Å². The molecule has 49 heavy (non-hydrogen) atoms. The molecule has 2 aliphatic carbocycles. The summed E-state index contributed by atoms with van der Waals surface area (Å²) in [5.74, 6) is -2.05. The number of para-hydroxylation sites is 1. The predicted molar refractivity (Wildman–Crippen MR) is 189 cm³/mol. The molecule has 0 spiro atoms. The second-order valence-corrected chi connectivity index (χ2v) is 15.6. The van der Waals surface area contributed by atoms with Crippen LogP contribution in [0.4, 0.5) is 5.69 Å². The van der Waals surface area contributed by atoms with Crippen LogP contribution in [0.3, 0.4) is 0 Å². The number of aliphatic hydroxyl groups excluding tert-OH is 1. The summed E-state index contributed by atoms with van der Waals surface area (Å²) < 4.78 is 0. The van der Waals surface area contributed by atoms with Crippen molar-refractivity contribution in [2.45, 2.75) is 64.6 Å². The second kappa shape index (κ2) is 12.7. The Morgan fingerprint density at radius 1 is 0.959 bits per heavy atom. The molecule has 7 rings (SSSR count). The van der Waals surface area contributed by atoms with Gasteiger partial charge in [0.15, 0.2) is 5.78 Å². The molecule has 4 aliphatic rings. The van der Waals surface area contributed by atoms with Gasteiger partial charge < -0.3 is 25.1 Å². The number of anilines is 1. The molecule has 4 fully saturated rings. The van der Waals surface area contributed by atoms with Crippen LogP contribution in [0.2, 0.25) is 5.02 Å². The lowest BCUT2D eigenvalue weighted by Crippen LogP contribution is -2.58. The lowest BCUT2D eigenvalue weighted by Gasteiger charge is -2.38. The van der Waals surface area contributed by atoms with Gasteiger partial charge in [-0.25, -0.2) is 0 Å². The van der Waals surface area contributed by atoms with Gasteiger partial charge in [-0.05, 0) is 52.6 Å². The Kier molecular flexibility index (Phi) is 8.72.